The monoisotopic (exact) mass is 299 g/mol. The van der Waals surface area contributed by atoms with Crippen molar-refractivity contribution in [2.45, 2.75) is 40.0 Å². The number of aliphatic carboxylic acids is 1. The Morgan fingerprint density at radius 3 is 2.65 bits per heavy atom. The number of carbonyl (C=O) groups is 2. The highest BCUT2D eigenvalue weighted by molar-refractivity contribution is 7.08. The molecule has 1 amide bonds. The van der Waals surface area contributed by atoms with Crippen LogP contribution >= 0.6 is 11.5 Å². The number of carboxylic acid groups (broad SMARTS) is 1. The second kappa shape index (κ2) is 7.94. The van der Waals surface area contributed by atoms with E-state index in [1.807, 2.05) is 20.8 Å². The standard InChI is InChI=1S/C13H21N3O3S/c1-4-10-12(20-16-15-10)13(19)14-7-9(5-8(2)3)6-11(17)18/h8-9H,4-7H2,1-3H3,(H,14,19)(H,17,18)/t9-/m0/s1. The Morgan fingerprint density at radius 2 is 2.10 bits per heavy atom. The van der Waals surface area contributed by atoms with Crippen LogP contribution in [-0.4, -0.2) is 33.1 Å². The minimum absolute atomic E-state index is 0.0533. The molecule has 0 aliphatic carbocycles. The SMILES string of the molecule is CCc1nnsc1C(=O)NC[C@H](CC(=O)O)CC(C)C. The number of amides is 1. The van der Waals surface area contributed by atoms with E-state index < -0.39 is 5.97 Å². The van der Waals surface area contributed by atoms with Gasteiger partial charge in [-0.25, -0.2) is 0 Å². The lowest BCUT2D eigenvalue weighted by Gasteiger charge is -2.17. The molecule has 0 spiro atoms. The molecule has 2 N–H and O–H groups in total. The first kappa shape index (κ1) is 16.6. The van der Waals surface area contributed by atoms with Crippen molar-refractivity contribution in [3.63, 3.8) is 0 Å². The Hall–Kier alpha value is -1.50. The third kappa shape index (κ3) is 5.24. The Balaban J connectivity index is 2.58. The number of nitrogens with one attached hydrogen (secondary N) is 1. The summed E-state index contributed by atoms with van der Waals surface area (Å²) in [5.74, 6) is -0.704. The van der Waals surface area contributed by atoms with E-state index >= 15 is 0 Å². The van der Waals surface area contributed by atoms with Crippen LogP contribution in [0, 0.1) is 11.8 Å². The summed E-state index contributed by atoms with van der Waals surface area (Å²) in [4.78, 5) is 23.4. The minimum atomic E-state index is -0.835. The fourth-order valence-electron chi connectivity index (χ4n) is 2.08. The average molecular weight is 299 g/mol. The lowest BCUT2D eigenvalue weighted by molar-refractivity contribution is -0.138. The molecule has 0 saturated heterocycles. The van der Waals surface area contributed by atoms with Gasteiger partial charge in [-0.1, -0.05) is 25.3 Å². The van der Waals surface area contributed by atoms with Gasteiger partial charge >= 0.3 is 5.97 Å². The van der Waals surface area contributed by atoms with Crippen molar-refractivity contribution >= 4 is 23.4 Å². The summed E-state index contributed by atoms with van der Waals surface area (Å²) in [6, 6.07) is 0. The summed E-state index contributed by atoms with van der Waals surface area (Å²) in [7, 11) is 0. The summed E-state index contributed by atoms with van der Waals surface area (Å²) in [6.45, 7) is 6.36. The summed E-state index contributed by atoms with van der Waals surface area (Å²) in [5, 5.41) is 15.6. The van der Waals surface area contributed by atoms with Crippen LogP contribution in [0.15, 0.2) is 0 Å². The second-order valence-corrected chi connectivity index (χ2v) is 5.96. The summed E-state index contributed by atoms with van der Waals surface area (Å²) >= 11 is 1.07. The first-order chi connectivity index (χ1) is 9.43. The first-order valence-corrected chi connectivity index (χ1v) is 7.52. The molecule has 6 nitrogen and oxygen atoms in total. The predicted octanol–water partition coefficient (Wildman–Crippen LogP) is 1.97. The van der Waals surface area contributed by atoms with E-state index in [0.29, 0.717) is 29.5 Å². The van der Waals surface area contributed by atoms with Gasteiger partial charge in [-0.15, -0.1) is 5.10 Å². The van der Waals surface area contributed by atoms with Crippen molar-refractivity contribution in [2.75, 3.05) is 6.54 Å². The van der Waals surface area contributed by atoms with Crippen molar-refractivity contribution < 1.29 is 14.7 Å². The molecule has 1 aromatic heterocycles. The molecule has 20 heavy (non-hydrogen) atoms. The average Bonchev–Trinajstić information content (AvgIpc) is 2.82. The summed E-state index contributed by atoms with van der Waals surface area (Å²) < 4.78 is 3.77. The Morgan fingerprint density at radius 1 is 1.40 bits per heavy atom. The summed E-state index contributed by atoms with van der Waals surface area (Å²) in [6.07, 6.45) is 1.50. The van der Waals surface area contributed by atoms with Crippen molar-refractivity contribution in [1.82, 2.24) is 14.9 Å². The van der Waals surface area contributed by atoms with E-state index in [1.54, 1.807) is 0 Å². The second-order valence-electron chi connectivity index (χ2n) is 5.21. The first-order valence-electron chi connectivity index (χ1n) is 6.75. The van der Waals surface area contributed by atoms with Gasteiger partial charge < -0.3 is 10.4 Å². The Kier molecular flexibility index (Phi) is 6.57. The maximum absolute atomic E-state index is 12.0. The van der Waals surface area contributed by atoms with E-state index in [9.17, 15) is 9.59 Å². The van der Waals surface area contributed by atoms with Crippen LogP contribution in [0.2, 0.25) is 0 Å². The highest BCUT2D eigenvalue weighted by atomic mass is 32.1. The molecule has 0 saturated carbocycles. The van der Waals surface area contributed by atoms with Crippen molar-refractivity contribution in [1.29, 1.82) is 0 Å². The van der Waals surface area contributed by atoms with E-state index in [2.05, 4.69) is 14.9 Å². The van der Waals surface area contributed by atoms with Crippen molar-refractivity contribution in [2.24, 2.45) is 11.8 Å². The number of carboxylic acids is 1. The van der Waals surface area contributed by atoms with Gasteiger partial charge in [0.25, 0.3) is 5.91 Å². The van der Waals surface area contributed by atoms with Gasteiger partial charge in [0.2, 0.25) is 0 Å². The number of aryl methyl sites for hydroxylation is 1. The summed E-state index contributed by atoms with van der Waals surface area (Å²) in [5.41, 5.74) is 0.686. The smallest absolute Gasteiger partial charge is 0.303 e. The van der Waals surface area contributed by atoms with Gasteiger partial charge in [-0.2, -0.15) is 0 Å². The molecule has 1 heterocycles. The highest BCUT2D eigenvalue weighted by Crippen LogP contribution is 2.16. The van der Waals surface area contributed by atoms with E-state index in [0.717, 1.165) is 18.0 Å². The molecule has 1 atom stereocenters. The van der Waals surface area contributed by atoms with Gasteiger partial charge in [-0.05, 0) is 36.2 Å². The molecular weight excluding hydrogens is 278 g/mol. The van der Waals surface area contributed by atoms with Crippen molar-refractivity contribution in [3.8, 4) is 0 Å². The molecule has 1 rings (SSSR count). The Labute approximate surface area is 122 Å². The third-order valence-corrected chi connectivity index (χ3v) is 3.68. The number of carbonyl (C=O) groups excluding carboxylic acids is 1. The molecule has 1 aromatic rings. The van der Waals surface area contributed by atoms with E-state index in [-0.39, 0.29) is 18.2 Å². The van der Waals surface area contributed by atoms with Crippen LogP contribution in [0.25, 0.3) is 0 Å². The van der Waals surface area contributed by atoms with Gasteiger partial charge in [0.1, 0.15) is 4.88 Å². The van der Waals surface area contributed by atoms with E-state index in [4.69, 9.17) is 5.11 Å². The third-order valence-electron chi connectivity index (χ3n) is 2.92. The van der Waals surface area contributed by atoms with Gasteiger partial charge in [0.05, 0.1) is 5.69 Å². The van der Waals surface area contributed by atoms with Crippen LogP contribution in [0.4, 0.5) is 0 Å². The largest absolute Gasteiger partial charge is 0.481 e. The zero-order valence-electron chi connectivity index (χ0n) is 12.0. The van der Waals surface area contributed by atoms with Crippen LogP contribution < -0.4 is 5.32 Å². The molecule has 0 aromatic carbocycles. The molecule has 0 radical (unpaired) electrons. The number of aromatic nitrogens is 2. The van der Waals surface area contributed by atoms with Crippen LogP contribution in [0.1, 0.15) is 49.0 Å². The van der Waals surface area contributed by atoms with E-state index in [1.165, 1.54) is 0 Å². The topological polar surface area (TPSA) is 92.2 Å². The van der Waals surface area contributed by atoms with Crippen molar-refractivity contribution in [3.05, 3.63) is 10.6 Å². The highest BCUT2D eigenvalue weighted by Gasteiger charge is 2.19. The lowest BCUT2D eigenvalue weighted by atomic mass is 9.94. The Bertz CT molecular complexity index is 459. The molecule has 0 fully saturated rings. The maximum Gasteiger partial charge on any atom is 0.303 e. The fourth-order valence-corrected chi connectivity index (χ4v) is 2.75. The molecule has 0 aliphatic rings. The van der Waals surface area contributed by atoms with Gasteiger partial charge in [0, 0.05) is 13.0 Å². The normalized spacial score (nSPS) is 12.4. The molecule has 7 heteroatoms. The molecule has 0 unspecified atom stereocenters. The lowest BCUT2D eigenvalue weighted by Crippen LogP contribution is -2.31. The quantitative estimate of drug-likeness (QED) is 0.765. The maximum atomic E-state index is 12.0. The molecular formula is C13H21N3O3S. The molecule has 0 aliphatic heterocycles. The number of hydrogen-bond donors (Lipinski definition) is 2. The minimum Gasteiger partial charge on any atom is -0.481 e. The molecule has 0 bridgehead atoms. The number of hydrogen-bond acceptors (Lipinski definition) is 5. The van der Waals surface area contributed by atoms with Crippen LogP contribution in [0.5, 0.6) is 0 Å². The van der Waals surface area contributed by atoms with Crippen LogP contribution in [0.3, 0.4) is 0 Å². The number of nitrogens with zero attached hydrogens (tertiary/aromatic N) is 2. The van der Waals surface area contributed by atoms with Crippen LogP contribution in [-0.2, 0) is 11.2 Å². The molecule has 112 valence electrons. The predicted molar refractivity (Wildman–Crippen MR) is 76.8 cm³/mol. The number of rotatable bonds is 8. The fraction of sp³-hybridized carbons (Fsp3) is 0.692. The van der Waals surface area contributed by atoms with Gasteiger partial charge in [0.15, 0.2) is 0 Å². The zero-order chi connectivity index (χ0) is 15.1. The zero-order valence-corrected chi connectivity index (χ0v) is 12.9. The van der Waals surface area contributed by atoms with Gasteiger partial charge in [-0.3, -0.25) is 9.59 Å².